The minimum atomic E-state index is 0.521. The van der Waals surface area contributed by atoms with Crippen molar-refractivity contribution in [2.75, 3.05) is 13.6 Å². The maximum absolute atomic E-state index is 6.14. The fraction of sp³-hybridized carbons (Fsp3) is 0.381. The van der Waals surface area contributed by atoms with Crippen molar-refractivity contribution in [3.05, 3.63) is 63.7 Å². The summed E-state index contributed by atoms with van der Waals surface area (Å²) in [7, 11) is 2.04. The molecule has 1 aliphatic rings. The molecule has 0 saturated heterocycles. The molecule has 2 N–H and O–H groups in total. The number of aliphatic imine (C=N–C) groups is 1. The lowest BCUT2D eigenvalue weighted by atomic mass is 9.94. The van der Waals surface area contributed by atoms with Crippen LogP contribution >= 0.6 is 11.6 Å². The number of benzene rings is 2. The van der Waals surface area contributed by atoms with Gasteiger partial charge in [-0.15, -0.1) is 0 Å². The van der Waals surface area contributed by atoms with Gasteiger partial charge in [-0.25, -0.2) is 4.99 Å². The number of hydrogen-bond donors (Lipinski definition) is 1. The predicted octanol–water partition coefficient (Wildman–Crippen LogP) is 4.88. The Balaban J connectivity index is 1.95. The van der Waals surface area contributed by atoms with Gasteiger partial charge in [-0.1, -0.05) is 29.8 Å². The first-order chi connectivity index (χ1) is 12.1. The van der Waals surface area contributed by atoms with Crippen LogP contribution < -0.4 is 5.73 Å². The monoisotopic (exact) mass is 355 g/mol. The Morgan fingerprint density at radius 3 is 2.68 bits per heavy atom. The number of nitrogens with two attached hydrogens (primary N) is 1. The number of nitrogens with zero attached hydrogens (tertiary/aromatic N) is 2. The molecule has 2 aromatic carbocycles. The smallest absolute Gasteiger partial charge is 0.0909 e. The van der Waals surface area contributed by atoms with Crippen molar-refractivity contribution in [2.24, 2.45) is 10.7 Å². The standard InChI is InChI=1S/C21H26ClN3/c1-3-25(2)14-24-21-12-18(13-23)17(11-20(21)16-7-8-16)9-15-5-4-6-19(22)10-15/h4-6,10-12,14,16H,3,7-9,13,23H2,1-2H3. The Morgan fingerprint density at radius 2 is 2.04 bits per heavy atom. The van der Waals surface area contributed by atoms with Gasteiger partial charge in [0.1, 0.15) is 0 Å². The van der Waals surface area contributed by atoms with E-state index in [9.17, 15) is 0 Å². The molecule has 25 heavy (non-hydrogen) atoms. The summed E-state index contributed by atoms with van der Waals surface area (Å²) in [6.45, 7) is 3.58. The summed E-state index contributed by atoms with van der Waals surface area (Å²) in [6, 6.07) is 12.5. The average molecular weight is 356 g/mol. The molecule has 0 bridgehead atoms. The highest BCUT2D eigenvalue weighted by molar-refractivity contribution is 6.30. The van der Waals surface area contributed by atoms with Crippen LogP contribution in [0.4, 0.5) is 5.69 Å². The van der Waals surface area contributed by atoms with Crippen molar-refractivity contribution in [3.8, 4) is 0 Å². The molecule has 4 heteroatoms. The van der Waals surface area contributed by atoms with Gasteiger partial charge in [0.25, 0.3) is 0 Å². The summed E-state index contributed by atoms with van der Waals surface area (Å²) < 4.78 is 0. The zero-order chi connectivity index (χ0) is 17.8. The zero-order valence-electron chi connectivity index (χ0n) is 15.0. The lowest BCUT2D eigenvalue weighted by Gasteiger charge is -2.15. The Bertz CT molecular complexity index is 766. The van der Waals surface area contributed by atoms with E-state index in [1.165, 1.54) is 29.5 Å². The van der Waals surface area contributed by atoms with E-state index < -0.39 is 0 Å². The van der Waals surface area contributed by atoms with Crippen molar-refractivity contribution in [1.82, 2.24) is 4.90 Å². The van der Waals surface area contributed by atoms with E-state index in [0.717, 1.165) is 29.2 Å². The fourth-order valence-electron chi connectivity index (χ4n) is 2.99. The second-order valence-electron chi connectivity index (χ2n) is 6.78. The molecule has 0 spiro atoms. The van der Waals surface area contributed by atoms with Crippen LogP contribution in [-0.2, 0) is 13.0 Å². The molecule has 0 radical (unpaired) electrons. The Kier molecular flexibility index (Phi) is 5.77. The van der Waals surface area contributed by atoms with Crippen molar-refractivity contribution >= 4 is 23.6 Å². The summed E-state index contributed by atoms with van der Waals surface area (Å²) in [5.41, 5.74) is 12.1. The van der Waals surface area contributed by atoms with E-state index in [1.807, 2.05) is 31.6 Å². The van der Waals surface area contributed by atoms with Crippen molar-refractivity contribution < 1.29 is 0 Å². The molecule has 0 heterocycles. The van der Waals surface area contributed by atoms with Crippen LogP contribution in [0.5, 0.6) is 0 Å². The maximum atomic E-state index is 6.14. The molecule has 2 aromatic rings. The minimum absolute atomic E-state index is 0.521. The van der Waals surface area contributed by atoms with Crippen LogP contribution in [0.15, 0.2) is 41.4 Å². The highest BCUT2D eigenvalue weighted by Gasteiger charge is 2.27. The van der Waals surface area contributed by atoms with Gasteiger partial charge in [0.2, 0.25) is 0 Å². The van der Waals surface area contributed by atoms with Crippen molar-refractivity contribution in [3.63, 3.8) is 0 Å². The molecule has 3 nitrogen and oxygen atoms in total. The van der Waals surface area contributed by atoms with Crippen molar-refractivity contribution in [1.29, 1.82) is 0 Å². The Morgan fingerprint density at radius 1 is 1.24 bits per heavy atom. The van der Waals surface area contributed by atoms with Crippen LogP contribution in [0.2, 0.25) is 5.02 Å². The predicted molar refractivity (Wildman–Crippen MR) is 107 cm³/mol. The van der Waals surface area contributed by atoms with E-state index in [-0.39, 0.29) is 0 Å². The zero-order valence-corrected chi connectivity index (χ0v) is 15.8. The van der Waals surface area contributed by atoms with E-state index in [2.05, 4.69) is 30.0 Å². The third-order valence-corrected chi connectivity index (χ3v) is 5.00. The minimum Gasteiger partial charge on any atom is -0.366 e. The molecule has 0 aliphatic heterocycles. The molecule has 0 aromatic heterocycles. The number of rotatable bonds is 7. The van der Waals surface area contributed by atoms with Crippen LogP contribution in [0.1, 0.15) is 47.9 Å². The van der Waals surface area contributed by atoms with Gasteiger partial charge in [-0.3, -0.25) is 0 Å². The summed E-state index contributed by atoms with van der Waals surface area (Å²) >= 11 is 6.14. The van der Waals surface area contributed by atoms with Crippen LogP contribution in [0.3, 0.4) is 0 Å². The lowest BCUT2D eigenvalue weighted by Crippen LogP contribution is -2.14. The third kappa shape index (κ3) is 4.62. The second-order valence-corrected chi connectivity index (χ2v) is 7.22. The average Bonchev–Trinajstić information content (AvgIpc) is 3.45. The summed E-state index contributed by atoms with van der Waals surface area (Å²) in [5, 5.41) is 0.776. The van der Waals surface area contributed by atoms with Gasteiger partial charge in [0, 0.05) is 25.2 Å². The first-order valence-electron chi connectivity index (χ1n) is 8.95. The van der Waals surface area contributed by atoms with E-state index in [1.54, 1.807) is 0 Å². The topological polar surface area (TPSA) is 41.6 Å². The molecule has 0 amide bonds. The van der Waals surface area contributed by atoms with Gasteiger partial charge < -0.3 is 10.6 Å². The summed E-state index contributed by atoms with van der Waals surface area (Å²) in [4.78, 5) is 6.82. The molecular weight excluding hydrogens is 330 g/mol. The normalized spacial score (nSPS) is 14.2. The summed E-state index contributed by atoms with van der Waals surface area (Å²) in [6.07, 6.45) is 5.28. The Labute approximate surface area is 155 Å². The van der Waals surface area contributed by atoms with Crippen LogP contribution in [0.25, 0.3) is 0 Å². The fourth-order valence-corrected chi connectivity index (χ4v) is 3.21. The highest BCUT2D eigenvalue weighted by atomic mass is 35.5. The quantitative estimate of drug-likeness (QED) is 0.568. The SMILES string of the molecule is CCN(C)C=Nc1cc(CN)c(Cc2cccc(Cl)c2)cc1C1CC1. The van der Waals surface area contributed by atoms with E-state index in [0.29, 0.717) is 12.5 Å². The van der Waals surface area contributed by atoms with Gasteiger partial charge >= 0.3 is 0 Å². The molecule has 132 valence electrons. The molecule has 1 fully saturated rings. The Hall–Kier alpha value is -1.84. The molecular formula is C21H26ClN3. The summed E-state index contributed by atoms with van der Waals surface area (Å²) in [5.74, 6) is 0.643. The first-order valence-corrected chi connectivity index (χ1v) is 9.33. The van der Waals surface area contributed by atoms with Crippen LogP contribution in [0, 0.1) is 0 Å². The van der Waals surface area contributed by atoms with Gasteiger partial charge in [-0.2, -0.15) is 0 Å². The van der Waals surface area contributed by atoms with Gasteiger partial charge in [0.15, 0.2) is 0 Å². The number of halogens is 1. The highest BCUT2D eigenvalue weighted by Crippen LogP contribution is 2.45. The maximum Gasteiger partial charge on any atom is 0.0909 e. The van der Waals surface area contributed by atoms with Crippen molar-refractivity contribution in [2.45, 2.75) is 38.6 Å². The second kappa shape index (κ2) is 8.03. The first kappa shape index (κ1) is 18.0. The van der Waals surface area contributed by atoms with E-state index >= 15 is 0 Å². The molecule has 1 aliphatic carbocycles. The van der Waals surface area contributed by atoms with Gasteiger partial charge in [0.05, 0.1) is 12.0 Å². The molecule has 0 unspecified atom stereocenters. The van der Waals surface area contributed by atoms with Gasteiger partial charge in [-0.05, 0) is 72.6 Å². The lowest BCUT2D eigenvalue weighted by molar-refractivity contribution is 0.552. The van der Waals surface area contributed by atoms with E-state index in [4.69, 9.17) is 22.3 Å². The molecule has 3 rings (SSSR count). The molecule has 1 saturated carbocycles. The van der Waals surface area contributed by atoms with Crippen LogP contribution in [-0.4, -0.2) is 24.8 Å². The number of hydrogen-bond acceptors (Lipinski definition) is 2. The largest absolute Gasteiger partial charge is 0.366 e. The third-order valence-electron chi connectivity index (χ3n) is 4.76. The molecule has 0 atom stereocenters.